The van der Waals surface area contributed by atoms with Gasteiger partial charge in [-0.2, -0.15) is 0 Å². The summed E-state index contributed by atoms with van der Waals surface area (Å²) in [4.78, 5) is 12.8. The SMILES string of the molecule is CC(NC(=O)C1(c2ccc(Br)cc2)CC1)c1cc2ccccc2o1. The monoisotopic (exact) mass is 383 g/mol. The Labute approximate surface area is 149 Å². The summed E-state index contributed by atoms with van der Waals surface area (Å²) in [6.45, 7) is 1.97. The Kier molecular flexibility index (Phi) is 3.72. The van der Waals surface area contributed by atoms with Crippen molar-refractivity contribution in [2.24, 2.45) is 0 Å². The second-order valence-electron chi connectivity index (χ2n) is 6.47. The van der Waals surface area contributed by atoms with Crippen LogP contribution in [0.25, 0.3) is 11.0 Å². The quantitative estimate of drug-likeness (QED) is 0.680. The van der Waals surface area contributed by atoms with E-state index in [4.69, 9.17) is 4.42 Å². The summed E-state index contributed by atoms with van der Waals surface area (Å²) in [5.74, 6) is 0.869. The zero-order chi connectivity index (χ0) is 16.7. The number of fused-ring (bicyclic) bond motifs is 1. The Morgan fingerprint density at radius 3 is 2.54 bits per heavy atom. The molecule has 4 rings (SSSR count). The Balaban J connectivity index is 1.54. The molecule has 1 amide bonds. The highest BCUT2D eigenvalue weighted by atomic mass is 79.9. The van der Waals surface area contributed by atoms with Gasteiger partial charge in [-0.05, 0) is 49.6 Å². The van der Waals surface area contributed by atoms with Crippen LogP contribution >= 0.6 is 15.9 Å². The normalized spacial score (nSPS) is 16.8. The standard InChI is InChI=1S/C20H18BrNO2/c1-13(18-12-14-4-2-3-5-17(14)24-18)22-19(23)20(10-11-20)15-6-8-16(21)9-7-15/h2-9,12-13H,10-11H2,1H3,(H,22,23). The first-order valence-electron chi connectivity index (χ1n) is 8.14. The van der Waals surface area contributed by atoms with Gasteiger partial charge in [0.2, 0.25) is 5.91 Å². The molecule has 1 heterocycles. The average molecular weight is 384 g/mol. The minimum Gasteiger partial charge on any atom is -0.459 e. The third kappa shape index (κ3) is 2.65. The Morgan fingerprint density at radius 1 is 1.17 bits per heavy atom. The number of amides is 1. The molecule has 0 bridgehead atoms. The molecule has 1 saturated carbocycles. The van der Waals surface area contributed by atoms with Crippen molar-refractivity contribution in [3.05, 3.63) is 70.4 Å². The van der Waals surface area contributed by atoms with E-state index in [1.54, 1.807) is 0 Å². The Hall–Kier alpha value is -2.07. The first-order chi connectivity index (χ1) is 11.6. The minimum atomic E-state index is -0.374. The second kappa shape index (κ2) is 5.78. The smallest absolute Gasteiger partial charge is 0.231 e. The second-order valence-corrected chi connectivity index (χ2v) is 7.39. The van der Waals surface area contributed by atoms with Crippen LogP contribution in [0.4, 0.5) is 0 Å². The molecule has 1 unspecified atom stereocenters. The van der Waals surface area contributed by atoms with Gasteiger partial charge in [0, 0.05) is 9.86 Å². The minimum absolute atomic E-state index is 0.0813. The Bertz CT molecular complexity index is 860. The summed E-state index contributed by atoms with van der Waals surface area (Å²) in [5, 5.41) is 4.19. The van der Waals surface area contributed by atoms with Gasteiger partial charge in [-0.1, -0.05) is 46.3 Å². The van der Waals surface area contributed by atoms with E-state index in [-0.39, 0.29) is 17.4 Å². The zero-order valence-electron chi connectivity index (χ0n) is 13.4. The van der Waals surface area contributed by atoms with Gasteiger partial charge in [0.15, 0.2) is 0 Å². The summed E-state index contributed by atoms with van der Waals surface area (Å²) in [6.07, 6.45) is 1.79. The van der Waals surface area contributed by atoms with E-state index < -0.39 is 0 Å². The molecular weight excluding hydrogens is 366 g/mol. The van der Waals surface area contributed by atoms with E-state index in [0.29, 0.717) is 0 Å². The van der Waals surface area contributed by atoms with Crippen molar-refractivity contribution >= 4 is 32.8 Å². The molecule has 0 saturated heterocycles. The van der Waals surface area contributed by atoms with E-state index in [0.717, 1.165) is 39.6 Å². The van der Waals surface area contributed by atoms with Crippen molar-refractivity contribution < 1.29 is 9.21 Å². The predicted molar refractivity (Wildman–Crippen MR) is 97.8 cm³/mol. The van der Waals surface area contributed by atoms with E-state index >= 15 is 0 Å². The van der Waals surface area contributed by atoms with Crippen LogP contribution in [-0.2, 0) is 10.2 Å². The van der Waals surface area contributed by atoms with Gasteiger partial charge in [0.05, 0.1) is 11.5 Å². The highest BCUT2D eigenvalue weighted by Gasteiger charge is 2.51. The van der Waals surface area contributed by atoms with Crippen LogP contribution in [0.2, 0.25) is 0 Å². The Morgan fingerprint density at radius 2 is 1.88 bits per heavy atom. The number of furan rings is 1. The van der Waals surface area contributed by atoms with Gasteiger partial charge >= 0.3 is 0 Å². The third-order valence-electron chi connectivity index (χ3n) is 4.80. The van der Waals surface area contributed by atoms with Crippen molar-refractivity contribution in [2.45, 2.75) is 31.2 Å². The molecule has 1 aromatic heterocycles. The van der Waals surface area contributed by atoms with E-state index in [2.05, 4.69) is 21.2 Å². The molecule has 0 spiro atoms. The molecule has 4 heteroatoms. The molecule has 1 aliphatic rings. The summed E-state index contributed by atoms with van der Waals surface area (Å²) >= 11 is 3.44. The summed E-state index contributed by atoms with van der Waals surface area (Å²) in [5.41, 5.74) is 1.56. The van der Waals surface area contributed by atoms with Crippen LogP contribution < -0.4 is 5.32 Å². The molecule has 1 fully saturated rings. The lowest BCUT2D eigenvalue weighted by Gasteiger charge is -2.19. The largest absolute Gasteiger partial charge is 0.459 e. The van der Waals surface area contributed by atoms with Crippen molar-refractivity contribution in [2.75, 3.05) is 0 Å². The molecule has 2 aromatic carbocycles. The third-order valence-corrected chi connectivity index (χ3v) is 5.33. The fourth-order valence-corrected chi connectivity index (χ4v) is 3.43. The fourth-order valence-electron chi connectivity index (χ4n) is 3.16. The highest BCUT2D eigenvalue weighted by molar-refractivity contribution is 9.10. The van der Waals surface area contributed by atoms with Crippen LogP contribution in [0.15, 0.2) is 63.5 Å². The van der Waals surface area contributed by atoms with Gasteiger partial charge in [0.1, 0.15) is 11.3 Å². The number of para-hydroxylation sites is 1. The van der Waals surface area contributed by atoms with Crippen molar-refractivity contribution in [1.82, 2.24) is 5.32 Å². The molecule has 1 atom stereocenters. The van der Waals surface area contributed by atoms with Gasteiger partial charge in [-0.25, -0.2) is 0 Å². The lowest BCUT2D eigenvalue weighted by atomic mass is 9.94. The molecule has 24 heavy (non-hydrogen) atoms. The number of halogens is 1. The van der Waals surface area contributed by atoms with Gasteiger partial charge in [-0.15, -0.1) is 0 Å². The van der Waals surface area contributed by atoms with Crippen molar-refractivity contribution in [1.29, 1.82) is 0 Å². The lowest BCUT2D eigenvalue weighted by Crippen LogP contribution is -2.36. The molecule has 3 aromatic rings. The zero-order valence-corrected chi connectivity index (χ0v) is 15.0. The number of benzene rings is 2. The topological polar surface area (TPSA) is 42.2 Å². The molecular formula is C20H18BrNO2. The van der Waals surface area contributed by atoms with Crippen molar-refractivity contribution in [3.8, 4) is 0 Å². The first-order valence-corrected chi connectivity index (χ1v) is 8.93. The van der Waals surface area contributed by atoms with E-state index in [1.807, 2.05) is 61.5 Å². The number of carbonyl (C=O) groups is 1. The van der Waals surface area contributed by atoms with E-state index in [1.165, 1.54) is 0 Å². The lowest BCUT2D eigenvalue weighted by molar-refractivity contribution is -0.124. The maximum atomic E-state index is 12.8. The van der Waals surface area contributed by atoms with Crippen LogP contribution in [0.1, 0.15) is 37.1 Å². The number of rotatable bonds is 4. The van der Waals surface area contributed by atoms with E-state index in [9.17, 15) is 4.79 Å². The van der Waals surface area contributed by atoms with Crippen LogP contribution in [0.3, 0.4) is 0 Å². The number of carbonyl (C=O) groups excluding carboxylic acids is 1. The summed E-state index contributed by atoms with van der Waals surface area (Å²) < 4.78 is 6.89. The summed E-state index contributed by atoms with van der Waals surface area (Å²) in [6, 6.07) is 17.8. The molecule has 1 N–H and O–H groups in total. The van der Waals surface area contributed by atoms with Gasteiger partial charge < -0.3 is 9.73 Å². The van der Waals surface area contributed by atoms with Crippen molar-refractivity contribution in [3.63, 3.8) is 0 Å². The maximum Gasteiger partial charge on any atom is 0.231 e. The summed E-state index contributed by atoms with van der Waals surface area (Å²) in [7, 11) is 0. The number of hydrogen-bond acceptors (Lipinski definition) is 2. The molecule has 0 radical (unpaired) electrons. The van der Waals surface area contributed by atoms with Crippen LogP contribution in [0, 0.1) is 0 Å². The fraction of sp³-hybridized carbons (Fsp3) is 0.250. The number of hydrogen-bond donors (Lipinski definition) is 1. The predicted octanol–water partition coefficient (Wildman–Crippen LogP) is 5.10. The number of nitrogens with one attached hydrogen (secondary N) is 1. The van der Waals surface area contributed by atoms with Gasteiger partial charge in [0.25, 0.3) is 0 Å². The maximum absolute atomic E-state index is 12.8. The molecule has 122 valence electrons. The van der Waals surface area contributed by atoms with Crippen LogP contribution in [-0.4, -0.2) is 5.91 Å². The first kappa shape index (κ1) is 15.5. The van der Waals surface area contributed by atoms with Crippen LogP contribution in [0.5, 0.6) is 0 Å². The highest BCUT2D eigenvalue weighted by Crippen LogP contribution is 2.49. The molecule has 3 nitrogen and oxygen atoms in total. The average Bonchev–Trinajstić information content (AvgIpc) is 3.28. The molecule has 1 aliphatic carbocycles. The molecule has 0 aliphatic heterocycles. The van der Waals surface area contributed by atoms with Gasteiger partial charge in [-0.3, -0.25) is 4.79 Å².